The summed E-state index contributed by atoms with van der Waals surface area (Å²) in [6.45, 7) is 7.98. The number of nitrogens with one attached hydrogen (secondary N) is 2. The molecule has 0 unspecified atom stereocenters. The third kappa shape index (κ3) is 4.82. The van der Waals surface area contributed by atoms with Gasteiger partial charge >= 0.3 is 0 Å². The highest BCUT2D eigenvalue weighted by Crippen LogP contribution is 2.22. The van der Waals surface area contributed by atoms with E-state index in [0.717, 1.165) is 11.4 Å². The molecule has 1 aromatic rings. The lowest BCUT2D eigenvalue weighted by Gasteiger charge is -2.32. The first-order chi connectivity index (χ1) is 9.19. The number of thiophene rings is 1. The SMILES string of the molecule is CCNCc1ccc(S(=O)(=O)NCC(C)(C)N(C)C)s1. The van der Waals surface area contributed by atoms with Crippen LogP contribution < -0.4 is 10.0 Å². The number of hydrogen-bond acceptors (Lipinski definition) is 5. The quantitative estimate of drug-likeness (QED) is 0.762. The molecule has 5 nitrogen and oxygen atoms in total. The van der Waals surface area contributed by atoms with Crippen molar-refractivity contribution in [1.29, 1.82) is 0 Å². The lowest BCUT2D eigenvalue weighted by atomic mass is 10.1. The van der Waals surface area contributed by atoms with Gasteiger partial charge in [0.15, 0.2) is 0 Å². The van der Waals surface area contributed by atoms with Crippen LogP contribution in [0.3, 0.4) is 0 Å². The van der Waals surface area contributed by atoms with E-state index in [1.54, 1.807) is 6.07 Å². The summed E-state index contributed by atoms with van der Waals surface area (Å²) >= 11 is 1.31. The smallest absolute Gasteiger partial charge is 0.250 e. The molecule has 0 saturated carbocycles. The minimum atomic E-state index is -3.42. The average Bonchev–Trinajstić information content (AvgIpc) is 2.83. The number of rotatable bonds is 8. The number of sulfonamides is 1. The van der Waals surface area contributed by atoms with E-state index in [2.05, 4.69) is 10.0 Å². The maximum atomic E-state index is 12.2. The van der Waals surface area contributed by atoms with Crippen molar-refractivity contribution in [2.45, 2.75) is 37.1 Å². The Morgan fingerprint density at radius 2 is 1.95 bits per heavy atom. The maximum absolute atomic E-state index is 12.2. The number of hydrogen-bond donors (Lipinski definition) is 2. The Morgan fingerprint density at radius 3 is 2.50 bits per heavy atom. The van der Waals surface area contributed by atoms with Gasteiger partial charge in [-0.1, -0.05) is 6.92 Å². The zero-order chi connectivity index (χ0) is 15.4. The summed E-state index contributed by atoms with van der Waals surface area (Å²) in [5, 5.41) is 3.19. The Bertz CT molecular complexity index is 521. The van der Waals surface area contributed by atoms with Gasteiger partial charge < -0.3 is 10.2 Å². The van der Waals surface area contributed by atoms with Crippen LogP contribution in [0.15, 0.2) is 16.3 Å². The van der Waals surface area contributed by atoms with Crippen LogP contribution in [0.25, 0.3) is 0 Å². The molecule has 0 fully saturated rings. The van der Waals surface area contributed by atoms with Crippen molar-refractivity contribution in [2.75, 3.05) is 27.2 Å². The molecular formula is C13H25N3O2S2. The predicted molar refractivity (Wildman–Crippen MR) is 84.7 cm³/mol. The Hall–Kier alpha value is -0.470. The van der Waals surface area contributed by atoms with Gasteiger partial charge in [0.1, 0.15) is 4.21 Å². The summed E-state index contributed by atoms with van der Waals surface area (Å²) in [4.78, 5) is 3.03. The van der Waals surface area contributed by atoms with Gasteiger partial charge in [-0.05, 0) is 46.6 Å². The van der Waals surface area contributed by atoms with Gasteiger partial charge in [-0.15, -0.1) is 11.3 Å². The summed E-state index contributed by atoms with van der Waals surface area (Å²) in [6, 6.07) is 3.53. The molecule has 116 valence electrons. The third-order valence-electron chi connectivity index (χ3n) is 3.36. The zero-order valence-corrected chi connectivity index (χ0v) is 14.5. The van der Waals surface area contributed by atoms with Crippen LogP contribution in [-0.2, 0) is 16.6 Å². The van der Waals surface area contributed by atoms with Crippen molar-refractivity contribution in [2.24, 2.45) is 0 Å². The second-order valence-electron chi connectivity index (χ2n) is 5.53. The summed E-state index contributed by atoms with van der Waals surface area (Å²) in [5.41, 5.74) is -0.225. The van der Waals surface area contributed by atoms with E-state index in [9.17, 15) is 8.42 Å². The van der Waals surface area contributed by atoms with E-state index in [1.165, 1.54) is 11.3 Å². The molecule has 1 aromatic heterocycles. The van der Waals surface area contributed by atoms with Crippen molar-refractivity contribution in [3.05, 3.63) is 17.0 Å². The van der Waals surface area contributed by atoms with Crippen LogP contribution in [0.4, 0.5) is 0 Å². The molecule has 0 bridgehead atoms. The Balaban J connectivity index is 2.72. The molecule has 0 saturated heterocycles. The van der Waals surface area contributed by atoms with Crippen molar-refractivity contribution in [1.82, 2.24) is 14.9 Å². The van der Waals surface area contributed by atoms with Gasteiger partial charge in [0.25, 0.3) is 0 Å². The second-order valence-corrected chi connectivity index (χ2v) is 8.69. The van der Waals surface area contributed by atoms with Gasteiger partial charge in [-0.2, -0.15) is 0 Å². The van der Waals surface area contributed by atoms with Crippen molar-refractivity contribution >= 4 is 21.4 Å². The molecule has 7 heteroatoms. The molecule has 0 spiro atoms. The van der Waals surface area contributed by atoms with Crippen LogP contribution in [-0.4, -0.2) is 46.0 Å². The lowest BCUT2D eigenvalue weighted by molar-refractivity contribution is 0.199. The highest BCUT2D eigenvalue weighted by molar-refractivity contribution is 7.91. The topological polar surface area (TPSA) is 61.4 Å². The normalized spacial score (nSPS) is 13.1. The molecular weight excluding hydrogens is 294 g/mol. The highest BCUT2D eigenvalue weighted by atomic mass is 32.2. The van der Waals surface area contributed by atoms with E-state index in [-0.39, 0.29) is 5.54 Å². The highest BCUT2D eigenvalue weighted by Gasteiger charge is 2.24. The van der Waals surface area contributed by atoms with Gasteiger partial charge in [0, 0.05) is 23.5 Å². The molecule has 0 aliphatic carbocycles. The molecule has 1 rings (SSSR count). The van der Waals surface area contributed by atoms with E-state index < -0.39 is 10.0 Å². The van der Waals surface area contributed by atoms with Crippen LogP contribution in [0.2, 0.25) is 0 Å². The van der Waals surface area contributed by atoms with Gasteiger partial charge in [0.05, 0.1) is 0 Å². The summed E-state index contributed by atoms with van der Waals surface area (Å²) in [5.74, 6) is 0. The fourth-order valence-electron chi connectivity index (χ4n) is 1.35. The summed E-state index contributed by atoms with van der Waals surface area (Å²) in [7, 11) is 0.460. The Kier molecular flexibility index (Phi) is 6.15. The summed E-state index contributed by atoms with van der Waals surface area (Å²) < 4.78 is 27.6. The van der Waals surface area contributed by atoms with Crippen LogP contribution in [0, 0.1) is 0 Å². The predicted octanol–water partition coefficient (Wildman–Crippen LogP) is 1.48. The standard InChI is InChI=1S/C13H25N3O2S2/c1-6-14-9-11-7-8-12(19-11)20(17,18)15-10-13(2,3)16(4)5/h7-8,14-15H,6,9-10H2,1-5H3. The number of likely N-dealkylation sites (N-methyl/N-ethyl adjacent to an activating group) is 1. The minimum Gasteiger partial charge on any atom is -0.312 e. The molecule has 0 aliphatic rings. The van der Waals surface area contributed by atoms with Crippen LogP contribution in [0.1, 0.15) is 25.6 Å². The van der Waals surface area contributed by atoms with Gasteiger partial charge in [0.2, 0.25) is 10.0 Å². The fraction of sp³-hybridized carbons (Fsp3) is 0.692. The zero-order valence-electron chi connectivity index (χ0n) is 12.9. The molecule has 0 aliphatic heterocycles. The molecule has 0 aromatic carbocycles. The average molecular weight is 319 g/mol. The van der Waals surface area contributed by atoms with Gasteiger partial charge in [-0.25, -0.2) is 13.1 Å². The molecule has 0 atom stereocenters. The first kappa shape index (κ1) is 17.6. The molecule has 0 amide bonds. The van der Waals surface area contributed by atoms with E-state index in [0.29, 0.717) is 17.3 Å². The van der Waals surface area contributed by atoms with E-state index >= 15 is 0 Å². The monoisotopic (exact) mass is 319 g/mol. The Morgan fingerprint density at radius 1 is 1.30 bits per heavy atom. The van der Waals surface area contributed by atoms with E-state index in [1.807, 2.05) is 45.8 Å². The largest absolute Gasteiger partial charge is 0.312 e. The lowest BCUT2D eigenvalue weighted by Crippen LogP contribution is -2.47. The van der Waals surface area contributed by atoms with Crippen molar-refractivity contribution in [3.63, 3.8) is 0 Å². The van der Waals surface area contributed by atoms with Crippen LogP contribution in [0.5, 0.6) is 0 Å². The van der Waals surface area contributed by atoms with Crippen molar-refractivity contribution in [3.8, 4) is 0 Å². The van der Waals surface area contributed by atoms with Crippen LogP contribution >= 0.6 is 11.3 Å². The number of nitrogens with zero attached hydrogens (tertiary/aromatic N) is 1. The maximum Gasteiger partial charge on any atom is 0.250 e. The molecule has 2 N–H and O–H groups in total. The summed E-state index contributed by atoms with van der Waals surface area (Å²) in [6.07, 6.45) is 0. The first-order valence-corrected chi connectivity index (χ1v) is 8.95. The molecule has 1 heterocycles. The van der Waals surface area contributed by atoms with E-state index in [4.69, 9.17) is 0 Å². The third-order valence-corrected chi connectivity index (χ3v) is 6.33. The minimum absolute atomic E-state index is 0.225. The molecule has 0 radical (unpaired) electrons. The first-order valence-electron chi connectivity index (χ1n) is 6.65. The molecule has 20 heavy (non-hydrogen) atoms. The second kappa shape index (κ2) is 7.00. The van der Waals surface area contributed by atoms with Crippen molar-refractivity contribution < 1.29 is 8.42 Å². The fourth-order valence-corrected chi connectivity index (χ4v) is 3.92. The Labute approximate surface area is 126 Å². The van der Waals surface area contributed by atoms with Gasteiger partial charge in [-0.3, -0.25) is 0 Å².